The van der Waals surface area contributed by atoms with E-state index in [9.17, 15) is 0 Å². The lowest BCUT2D eigenvalue weighted by Gasteiger charge is -2.35. The van der Waals surface area contributed by atoms with Crippen LogP contribution in [0.15, 0.2) is 59.9 Å². The minimum Gasteiger partial charge on any atom is -0.369 e. The number of aromatic amines is 1. The van der Waals surface area contributed by atoms with Crippen LogP contribution in [0.2, 0.25) is 0 Å². The molecule has 31 heavy (non-hydrogen) atoms. The molecule has 0 spiro atoms. The minimum absolute atomic E-state index is 0. The summed E-state index contributed by atoms with van der Waals surface area (Å²) in [4.78, 5) is 11.1. The maximum absolute atomic E-state index is 4.43. The second-order valence-corrected chi connectivity index (χ2v) is 7.73. The SMILES string of the molecule is CN=C(NCc1cccc(-c2ncn[nH]2)c1)NC1CCCN(c2ccc(C)cc2)C1.I. The van der Waals surface area contributed by atoms with E-state index >= 15 is 0 Å². The summed E-state index contributed by atoms with van der Waals surface area (Å²) >= 11 is 0. The van der Waals surface area contributed by atoms with Crippen LogP contribution in [0.25, 0.3) is 11.4 Å². The zero-order valence-electron chi connectivity index (χ0n) is 18.0. The van der Waals surface area contributed by atoms with Gasteiger partial charge in [0, 0.05) is 44.0 Å². The van der Waals surface area contributed by atoms with Crippen molar-refractivity contribution in [2.75, 3.05) is 25.0 Å². The van der Waals surface area contributed by atoms with E-state index in [-0.39, 0.29) is 24.0 Å². The largest absolute Gasteiger partial charge is 0.369 e. The topological polar surface area (TPSA) is 81.2 Å². The fourth-order valence-corrected chi connectivity index (χ4v) is 3.83. The molecule has 1 aliphatic rings. The van der Waals surface area contributed by atoms with Gasteiger partial charge in [0.15, 0.2) is 11.8 Å². The Balaban J connectivity index is 0.00000272. The summed E-state index contributed by atoms with van der Waals surface area (Å²) in [6.07, 6.45) is 3.84. The van der Waals surface area contributed by atoms with Crippen molar-refractivity contribution in [3.8, 4) is 11.4 Å². The summed E-state index contributed by atoms with van der Waals surface area (Å²) in [6, 6.07) is 17.4. The smallest absolute Gasteiger partial charge is 0.191 e. The first-order chi connectivity index (χ1) is 14.7. The lowest BCUT2D eigenvalue weighted by Crippen LogP contribution is -2.51. The third kappa shape index (κ3) is 6.19. The molecule has 0 aliphatic carbocycles. The number of aliphatic imine (C=N–C) groups is 1. The van der Waals surface area contributed by atoms with Crippen LogP contribution in [-0.4, -0.2) is 47.3 Å². The number of halogens is 1. The highest BCUT2D eigenvalue weighted by Gasteiger charge is 2.21. The molecule has 7 nitrogen and oxygen atoms in total. The molecule has 1 fully saturated rings. The maximum Gasteiger partial charge on any atom is 0.191 e. The first kappa shape index (κ1) is 23.1. The van der Waals surface area contributed by atoms with Crippen molar-refractivity contribution in [3.63, 3.8) is 0 Å². The van der Waals surface area contributed by atoms with Crippen LogP contribution in [-0.2, 0) is 6.54 Å². The number of aryl methyl sites for hydroxylation is 1. The highest BCUT2D eigenvalue weighted by Crippen LogP contribution is 2.20. The Bertz CT molecular complexity index is 970. The van der Waals surface area contributed by atoms with Crippen LogP contribution >= 0.6 is 24.0 Å². The maximum atomic E-state index is 4.43. The van der Waals surface area contributed by atoms with Gasteiger partial charge in [-0.1, -0.05) is 35.9 Å². The molecule has 0 amide bonds. The van der Waals surface area contributed by atoms with Gasteiger partial charge < -0.3 is 15.5 Å². The van der Waals surface area contributed by atoms with E-state index in [1.807, 2.05) is 19.2 Å². The summed E-state index contributed by atoms with van der Waals surface area (Å²) in [7, 11) is 1.82. The van der Waals surface area contributed by atoms with Crippen molar-refractivity contribution in [1.29, 1.82) is 0 Å². The van der Waals surface area contributed by atoms with Gasteiger partial charge in [0.05, 0.1) is 0 Å². The number of piperidine rings is 1. The summed E-state index contributed by atoms with van der Waals surface area (Å²) in [5.74, 6) is 1.61. The normalized spacial score (nSPS) is 16.5. The van der Waals surface area contributed by atoms with Crippen LogP contribution < -0.4 is 15.5 Å². The van der Waals surface area contributed by atoms with E-state index in [2.05, 4.69) is 79.0 Å². The predicted molar refractivity (Wildman–Crippen MR) is 137 cm³/mol. The summed E-state index contributed by atoms with van der Waals surface area (Å²) in [5, 5.41) is 13.9. The summed E-state index contributed by atoms with van der Waals surface area (Å²) < 4.78 is 0. The molecule has 8 heteroatoms. The zero-order chi connectivity index (χ0) is 20.8. The fraction of sp³-hybridized carbons (Fsp3) is 0.348. The fourth-order valence-electron chi connectivity index (χ4n) is 3.83. The molecule has 2 aromatic carbocycles. The molecular formula is C23H30IN7. The minimum atomic E-state index is 0. The Morgan fingerprint density at radius 2 is 2.06 bits per heavy atom. The van der Waals surface area contributed by atoms with E-state index in [0.717, 1.165) is 42.4 Å². The highest BCUT2D eigenvalue weighted by atomic mass is 127. The second kappa shape index (κ2) is 11.1. The first-order valence-corrected chi connectivity index (χ1v) is 10.4. The van der Waals surface area contributed by atoms with Gasteiger partial charge in [0.25, 0.3) is 0 Å². The first-order valence-electron chi connectivity index (χ1n) is 10.4. The second-order valence-electron chi connectivity index (χ2n) is 7.73. The van der Waals surface area contributed by atoms with Crippen LogP contribution in [0.4, 0.5) is 5.69 Å². The average Bonchev–Trinajstić information content (AvgIpc) is 3.33. The number of guanidine groups is 1. The molecule has 1 atom stereocenters. The molecule has 2 heterocycles. The molecule has 1 aliphatic heterocycles. The van der Waals surface area contributed by atoms with Crippen LogP contribution in [0, 0.1) is 6.92 Å². The number of aromatic nitrogens is 3. The van der Waals surface area contributed by atoms with Gasteiger partial charge in [-0.05, 0) is 43.5 Å². The Kier molecular flexibility index (Phi) is 8.27. The molecule has 4 rings (SSSR count). The Labute approximate surface area is 200 Å². The van der Waals surface area contributed by atoms with E-state index in [4.69, 9.17) is 0 Å². The molecule has 0 radical (unpaired) electrons. The monoisotopic (exact) mass is 531 g/mol. The highest BCUT2D eigenvalue weighted by molar-refractivity contribution is 14.0. The van der Waals surface area contributed by atoms with Gasteiger partial charge in [-0.15, -0.1) is 24.0 Å². The lowest BCUT2D eigenvalue weighted by atomic mass is 10.0. The van der Waals surface area contributed by atoms with Gasteiger partial charge >= 0.3 is 0 Å². The van der Waals surface area contributed by atoms with Crippen LogP contribution in [0.3, 0.4) is 0 Å². The number of nitrogens with zero attached hydrogens (tertiary/aromatic N) is 4. The van der Waals surface area contributed by atoms with Gasteiger partial charge in [0.1, 0.15) is 6.33 Å². The van der Waals surface area contributed by atoms with Gasteiger partial charge in [0.2, 0.25) is 0 Å². The third-order valence-corrected chi connectivity index (χ3v) is 5.46. The molecule has 1 unspecified atom stereocenters. The predicted octanol–water partition coefficient (Wildman–Crippen LogP) is 3.73. The standard InChI is InChI=1S/C23H29N7.HI/c1-17-8-10-21(11-9-17)30-12-4-7-20(15-30)28-23(24-2)25-14-18-5-3-6-19(13-18)22-26-16-27-29-22;/h3,5-6,8-11,13,16,20H,4,7,12,14-15H2,1-2H3,(H2,24,25,28)(H,26,27,29);1H. The molecule has 1 aromatic heterocycles. The summed E-state index contributed by atoms with van der Waals surface area (Å²) in [5.41, 5.74) is 4.77. The number of hydrogen-bond acceptors (Lipinski definition) is 4. The molecule has 1 saturated heterocycles. The number of anilines is 1. The molecule has 3 N–H and O–H groups in total. The van der Waals surface area contributed by atoms with Crippen molar-refractivity contribution >= 4 is 35.6 Å². The quantitative estimate of drug-likeness (QED) is 0.266. The van der Waals surface area contributed by atoms with Crippen molar-refractivity contribution in [2.45, 2.75) is 32.4 Å². The van der Waals surface area contributed by atoms with Crippen LogP contribution in [0.5, 0.6) is 0 Å². The number of benzene rings is 2. The molecule has 0 saturated carbocycles. The van der Waals surface area contributed by atoms with Crippen molar-refractivity contribution in [2.24, 2.45) is 4.99 Å². The van der Waals surface area contributed by atoms with Crippen molar-refractivity contribution < 1.29 is 0 Å². The molecule has 164 valence electrons. The Morgan fingerprint density at radius 3 is 2.81 bits per heavy atom. The molecule has 0 bridgehead atoms. The van der Waals surface area contributed by atoms with E-state index in [1.165, 1.54) is 24.0 Å². The third-order valence-electron chi connectivity index (χ3n) is 5.46. The van der Waals surface area contributed by atoms with Gasteiger partial charge in [-0.3, -0.25) is 10.1 Å². The Hall–Kier alpha value is -2.62. The summed E-state index contributed by atoms with van der Waals surface area (Å²) in [6.45, 7) is 4.89. The van der Waals surface area contributed by atoms with Crippen molar-refractivity contribution in [3.05, 3.63) is 66.0 Å². The number of nitrogens with one attached hydrogen (secondary N) is 3. The number of hydrogen-bond donors (Lipinski definition) is 3. The van der Waals surface area contributed by atoms with Gasteiger partial charge in [-0.25, -0.2) is 4.98 Å². The van der Waals surface area contributed by atoms with Crippen LogP contribution in [0.1, 0.15) is 24.0 Å². The average molecular weight is 531 g/mol. The van der Waals surface area contributed by atoms with E-state index < -0.39 is 0 Å². The molecule has 3 aromatic rings. The zero-order valence-corrected chi connectivity index (χ0v) is 20.3. The van der Waals surface area contributed by atoms with E-state index in [0.29, 0.717) is 12.6 Å². The lowest BCUT2D eigenvalue weighted by molar-refractivity contribution is 0.468. The number of rotatable bonds is 5. The Morgan fingerprint density at radius 1 is 1.23 bits per heavy atom. The van der Waals surface area contributed by atoms with Crippen molar-refractivity contribution in [1.82, 2.24) is 25.8 Å². The molecular weight excluding hydrogens is 501 g/mol. The van der Waals surface area contributed by atoms with Gasteiger partial charge in [-0.2, -0.15) is 5.10 Å². The number of H-pyrrole nitrogens is 1. The van der Waals surface area contributed by atoms with E-state index in [1.54, 1.807) is 0 Å².